The molecule has 1 atom stereocenters. The Bertz CT molecular complexity index is 341. The molecule has 3 nitrogen and oxygen atoms in total. The Morgan fingerprint density at radius 1 is 1.26 bits per heavy atom. The maximum atomic E-state index is 5.42. The molecule has 19 heavy (non-hydrogen) atoms. The molecule has 0 fully saturated rings. The van der Waals surface area contributed by atoms with Gasteiger partial charge in [0.2, 0.25) is 0 Å². The SMILES string of the molecule is CCCNC(CCCOCC)c1cccc(OC)c1. The Hall–Kier alpha value is -1.06. The minimum atomic E-state index is 0.385. The van der Waals surface area contributed by atoms with Crippen LogP contribution in [0, 0.1) is 0 Å². The van der Waals surface area contributed by atoms with Gasteiger partial charge in [-0.15, -0.1) is 0 Å². The third-order valence-electron chi connectivity index (χ3n) is 3.12. The standard InChI is InChI=1S/C16H27NO2/c1-4-11-17-16(10-7-12-19-5-2)14-8-6-9-15(13-14)18-3/h6,8-9,13,16-17H,4-5,7,10-12H2,1-3H3. The number of nitrogens with one attached hydrogen (secondary N) is 1. The van der Waals surface area contributed by atoms with E-state index in [1.807, 2.05) is 13.0 Å². The highest BCUT2D eigenvalue weighted by atomic mass is 16.5. The molecule has 1 unspecified atom stereocenters. The van der Waals surface area contributed by atoms with Gasteiger partial charge in [0.25, 0.3) is 0 Å². The Morgan fingerprint density at radius 3 is 2.79 bits per heavy atom. The van der Waals surface area contributed by atoms with E-state index < -0.39 is 0 Å². The van der Waals surface area contributed by atoms with Crippen molar-refractivity contribution >= 4 is 0 Å². The molecule has 0 aromatic heterocycles. The van der Waals surface area contributed by atoms with Crippen LogP contribution in [0.1, 0.15) is 44.7 Å². The van der Waals surface area contributed by atoms with Gasteiger partial charge < -0.3 is 14.8 Å². The molecule has 1 N–H and O–H groups in total. The molecule has 1 rings (SSSR count). The van der Waals surface area contributed by atoms with Gasteiger partial charge in [-0.25, -0.2) is 0 Å². The van der Waals surface area contributed by atoms with Crippen molar-refractivity contribution in [2.75, 3.05) is 26.9 Å². The van der Waals surface area contributed by atoms with Gasteiger partial charge in [-0.05, 0) is 50.4 Å². The van der Waals surface area contributed by atoms with E-state index in [4.69, 9.17) is 9.47 Å². The molecule has 0 saturated carbocycles. The van der Waals surface area contributed by atoms with Crippen LogP contribution in [-0.4, -0.2) is 26.9 Å². The van der Waals surface area contributed by atoms with E-state index in [1.165, 1.54) is 5.56 Å². The zero-order chi connectivity index (χ0) is 13.9. The largest absolute Gasteiger partial charge is 0.497 e. The lowest BCUT2D eigenvalue weighted by atomic mass is 10.0. The van der Waals surface area contributed by atoms with Crippen LogP contribution in [0.15, 0.2) is 24.3 Å². The number of methoxy groups -OCH3 is 1. The Balaban J connectivity index is 2.60. The van der Waals surface area contributed by atoms with Gasteiger partial charge >= 0.3 is 0 Å². The minimum absolute atomic E-state index is 0.385. The van der Waals surface area contributed by atoms with Crippen molar-refractivity contribution in [3.63, 3.8) is 0 Å². The van der Waals surface area contributed by atoms with Crippen LogP contribution in [0.2, 0.25) is 0 Å². The number of ether oxygens (including phenoxy) is 2. The van der Waals surface area contributed by atoms with E-state index >= 15 is 0 Å². The summed E-state index contributed by atoms with van der Waals surface area (Å²) in [5.74, 6) is 0.922. The summed E-state index contributed by atoms with van der Waals surface area (Å²) in [5, 5.41) is 3.60. The summed E-state index contributed by atoms with van der Waals surface area (Å²) in [5.41, 5.74) is 1.30. The molecule has 0 spiro atoms. The van der Waals surface area contributed by atoms with Crippen LogP contribution >= 0.6 is 0 Å². The molecule has 0 aliphatic carbocycles. The van der Waals surface area contributed by atoms with E-state index in [0.717, 1.165) is 44.8 Å². The van der Waals surface area contributed by atoms with Gasteiger partial charge in [-0.3, -0.25) is 0 Å². The van der Waals surface area contributed by atoms with Crippen LogP contribution in [0.4, 0.5) is 0 Å². The first-order valence-corrected chi connectivity index (χ1v) is 7.26. The second kappa shape index (κ2) is 9.82. The lowest BCUT2D eigenvalue weighted by Gasteiger charge is -2.19. The smallest absolute Gasteiger partial charge is 0.119 e. The van der Waals surface area contributed by atoms with Crippen molar-refractivity contribution in [3.8, 4) is 5.75 Å². The number of benzene rings is 1. The van der Waals surface area contributed by atoms with Gasteiger partial charge in [0.1, 0.15) is 5.75 Å². The normalized spacial score (nSPS) is 12.4. The molecule has 0 amide bonds. The Labute approximate surface area is 117 Å². The molecular formula is C16H27NO2. The molecular weight excluding hydrogens is 238 g/mol. The highest BCUT2D eigenvalue weighted by Gasteiger charge is 2.11. The quantitative estimate of drug-likeness (QED) is 0.656. The van der Waals surface area contributed by atoms with Crippen molar-refractivity contribution in [3.05, 3.63) is 29.8 Å². The third-order valence-corrected chi connectivity index (χ3v) is 3.12. The Morgan fingerprint density at radius 2 is 2.11 bits per heavy atom. The van der Waals surface area contributed by atoms with Crippen molar-refractivity contribution in [1.29, 1.82) is 0 Å². The topological polar surface area (TPSA) is 30.5 Å². The number of rotatable bonds is 10. The highest BCUT2D eigenvalue weighted by Crippen LogP contribution is 2.22. The summed E-state index contributed by atoms with van der Waals surface area (Å²) >= 11 is 0. The van der Waals surface area contributed by atoms with E-state index in [9.17, 15) is 0 Å². The molecule has 1 aromatic carbocycles. The van der Waals surface area contributed by atoms with Gasteiger partial charge in [-0.2, -0.15) is 0 Å². The van der Waals surface area contributed by atoms with Crippen molar-refractivity contribution < 1.29 is 9.47 Å². The van der Waals surface area contributed by atoms with E-state index in [-0.39, 0.29) is 0 Å². The second-order valence-corrected chi connectivity index (χ2v) is 4.62. The van der Waals surface area contributed by atoms with E-state index in [2.05, 4.69) is 30.4 Å². The molecule has 108 valence electrons. The van der Waals surface area contributed by atoms with Crippen LogP contribution in [-0.2, 0) is 4.74 Å². The average molecular weight is 265 g/mol. The number of hydrogen-bond donors (Lipinski definition) is 1. The zero-order valence-electron chi connectivity index (χ0n) is 12.4. The third kappa shape index (κ3) is 6.08. The molecule has 0 heterocycles. The molecule has 0 aliphatic rings. The van der Waals surface area contributed by atoms with Gasteiger partial charge in [0.15, 0.2) is 0 Å². The van der Waals surface area contributed by atoms with Crippen LogP contribution in [0.5, 0.6) is 5.75 Å². The van der Waals surface area contributed by atoms with Gasteiger partial charge in [-0.1, -0.05) is 19.1 Å². The zero-order valence-corrected chi connectivity index (χ0v) is 12.4. The van der Waals surface area contributed by atoms with Crippen molar-refractivity contribution in [1.82, 2.24) is 5.32 Å². The predicted octanol–water partition coefficient (Wildman–Crippen LogP) is 3.55. The summed E-state index contributed by atoms with van der Waals surface area (Å²) in [6.45, 7) is 6.90. The van der Waals surface area contributed by atoms with Crippen LogP contribution in [0.3, 0.4) is 0 Å². The fourth-order valence-corrected chi connectivity index (χ4v) is 2.10. The molecule has 0 bridgehead atoms. The Kier molecular flexibility index (Phi) is 8.26. The van der Waals surface area contributed by atoms with E-state index in [0.29, 0.717) is 6.04 Å². The highest BCUT2D eigenvalue weighted by molar-refractivity contribution is 5.30. The molecule has 0 saturated heterocycles. The maximum Gasteiger partial charge on any atom is 0.119 e. The van der Waals surface area contributed by atoms with Crippen molar-refractivity contribution in [2.24, 2.45) is 0 Å². The summed E-state index contributed by atoms with van der Waals surface area (Å²) < 4.78 is 10.7. The van der Waals surface area contributed by atoms with E-state index in [1.54, 1.807) is 7.11 Å². The fourth-order valence-electron chi connectivity index (χ4n) is 2.10. The summed E-state index contributed by atoms with van der Waals surface area (Å²) in [6.07, 6.45) is 3.31. The fraction of sp³-hybridized carbons (Fsp3) is 0.625. The van der Waals surface area contributed by atoms with Crippen LogP contribution in [0.25, 0.3) is 0 Å². The average Bonchev–Trinajstić information content (AvgIpc) is 2.46. The van der Waals surface area contributed by atoms with Crippen LogP contribution < -0.4 is 10.1 Å². The monoisotopic (exact) mass is 265 g/mol. The number of hydrogen-bond acceptors (Lipinski definition) is 3. The van der Waals surface area contributed by atoms with Crippen molar-refractivity contribution in [2.45, 2.75) is 39.2 Å². The summed E-state index contributed by atoms with van der Waals surface area (Å²) in [7, 11) is 1.71. The first-order chi connectivity index (χ1) is 9.31. The van der Waals surface area contributed by atoms with Gasteiger partial charge in [0.05, 0.1) is 7.11 Å². The summed E-state index contributed by atoms with van der Waals surface area (Å²) in [4.78, 5) is 0. The molecule has 0 aliphatic heterocycles. The predicted molar refractivity (Wildman–Crippen MR) is 79.8 cm³/mol. The maximum absolute atomic E-state index is 5.42. The van der Waals surface area contributed by atoms with Gasteiger partial charge in [0, 0.05) is 19.3 Å². The second-order valence-electron chi connectivity index (χ2n) is 4.62. The molecule has 1 aromatic rings. The lowest BCUT2D eigenvalue weighted by Crippen LogP contribution is -2.22. The first-order valence-electron chi connectivity index (χ1n) is 7.26. The molecule has 0 radical (unpaired) electrons. The summed E-state index contributed by atoms with van der Waals surface area (Å²) in [6, 6.07) is 8.71. The molecule has 3 heteroatoms. The minimum Gasteiger partial charge on any atom is -0.497 e. The lowest BCUT2D eigenvalue weighted by molar-refractivity contribution is 0.141. The first kappa shape index (κ1) is 16.0.